The lowest BCUT2D eigenvalue weighted by molar-refractivity contribution is 0.0951. The second-order valence-corrected chi connectivity index (χ2v) is 7.88. The molecule has 3 N–H and O–H groups in total. The smallest absolute Gasteiger partial charge is 0.319 e. The van der Waals surface area contributed by atoms with Gasteiger partial charge < -0.3 is 20.9 Å². The molecule has 1 saturated carbocycles. The molecule has 0 unspecified atom stereocenters. The number of carbonyl (C=O) groups excluding carboxylic acids is 2. The summed E-state index contributed by atoms with van der Waals surface area (Å²) in [4.78, 5) is 27.1. The summed E-state index contributed by atoms with van der Waals surface area (Å²) in [6.45, 7) is 6.96. The second kappa shape index (κ2) is 9.11. The average molecular weight is 373 g/mol. The predicted octanol–water partition coefficient (Wildman–Crippen LogP) is 3.74. The van der Waals surface area contributed by atoms with Crippen molar-refractivity contribution in [2.45, 2.75) is 58.4 Å². The maximum absolute atomic E-state index is 12.8. The summed E-state index contributed by atoms with van der Waals surface area (Å²) in [5, 5.41) is 8.79. The fraction of sp³-hybridized carbons (Fsp3) is 0.619. The minimum atomic E-state index is -0.225. The Morgan fingerprint density at radius 2 is 1.89 bits per heavy atom. The number of hydrogen-bond acceptors (Lipinski definition) is 3. The Hall–Kier alpha value is -2.24. The number of anilines is 2. The molecule has 0 radical (unpaired) electrons. The summed E-state index contributed by atoms with van der Waals surface area (Å²) in [5.41, 5.74) is 2.28. The van der Waals surface area contributed by atoms with Gasteiger partial charge in [0.15, 0.2) is 0 Å². The zero-order chi connectivity index (χ0) is 19.2. The van der Waals surface area contributed by atoms with Gasteiger partial charge in [0.1, 0.15) is 0 Å². The second-order valence-electron chi connectivity index (χ2n) is 7.88. The van der Waals surface area contributed by atoms with Crippen LogP contribution < -0.4 is 20.9 Å². The molecule has 3 rings (SSSR count). The van der Waals surface area contributed by atoms with Crippen molar-refractivity contribution in [2.24, 2.45) is 5.92 Å². The van der Waals surface area contributed by atoms with E-state index in [0.29, 0.717) is 23.8 Å². The largest absolute Gasteiger partial charge is 0.371 e. The molecule has 1 aromatic carbocycles. The van der Waals surface area contributed by atoms with Crippen LogP contribution in [0.5, 0.6) is 0 Å². The van der Waals surface area contributed by atoms with E-state index in [1.54, 1.807) is 0 Å². The van der Waals surface area contributed by atoms with Crippen LogP contribution in [0.3, 0.4) is 0 Å². The van der Waals surface area contributed by atoms with E-state index in [0.717, 1.165) is 63.2 Å². The van der Waals surface area contributed by atoms with Gasteiger partial charge in [0.05, 0.1) is 5.56 Å². The first-order valence-corrected chi connectivity index (χ1v) is 10.3. The third-order valence-electron chi connectivity index (χ3n) is 5.35. The molecule has 148 valence electrons. The summed E-state index contributed by atoms with van der Waals surface area (Å²) in [5.74, 6) is 0.693. The Bertz CT molecular complexity index is 664. The van der Waals surface area contributed by atoms with E-state index in [-0.39, 0.29) is 11.9 Å². The number of amides is 3. The van der Waals surface area contributed by atoms with Gasteiger partial charge in [-0.1, -0.05) is 20.3 Å². The van der Waals surface area contributed by atoms with E-state index < -0.39 is 0 Å². The number of carbonyl (C=O) groups is 2. The van der Waals surface area contributed by atoms with Crippen LogP contribution >= 0.6 is 0 Å². The van der Waals surface area contributed by atoms with Gasteiger partial charge in [-0.2, -0.15) is 0 Å². The first-order chi connectivity index (χ1) is 13.1. The number of benzene rings is 1. The zero-order valence-electron chi connectivity index (χ0n) is 16.5. The number of hydrogen-bond donors (Lipinski definition) is 3. The summed E-state index contributed by atoms with van der Waals surface area (Å²) in [6.07, 6.45) is 6.39. The molecule has 6 heteroatoms. The fourth-order valence-corrected chi connectivity index (χ4v) is 3.37. The highest BCUT2D eigenvalue weighted by Crippen LogP contribution is 2.29. The molecule has 0 bridgehead atoms. The molecule has 2 fully saturated rings. The first-order valence-electron chi connectivity index (χ1n) is 10.3. The summed E-state index contributed by atoms with van der Waals surface area (Å²) >= 11 is 0. The summed E-state index contributed by atoms with van der Waals surface area (Å²) in [7, 11) is 0. The third-order valence-corrected chi connectivity index (χ3v) is 5.35. The lowest BCUT2D eigenvalue weighted by Gasteiger charge is -2.33. The number of nitrogens with one attached hydrogen (secondary N) is 3. The average Bonchev–Trinajstić information content (AvgIpc) is 3.47. The van der Waals surface area contributed by atoms with Crippen molar-refractivity contribution in [1.29, 1.82) is 0 Å². The van der Waals surface area contributed by atoms with Crippen molar-refractivity contribution in [1.82, 2.24) is 10.6 Å². The summed E-state index contributed by atoms with van der Waals surface area (Å²) in [6, 6.07) is 5.75. The molecule has 0 atom stereocenters. The van der Waals surface area contributed by atoms with Crippen LogP contribution in [0.15, 0.2) is 18.2 Å². The maximum Gasteiger partial charge on any atom is 0.319 e. The van der Waals surface area contributed by atoms with Crippen LogP contribution in [0.25, 0.3) is 0 Å². The third kappa shape index (κ3) is 5.62. The Kier molecular flexibility index (Phi) is 6.58. The molecule has 0 aromatic heterocycles. The van der Waals surface area contributed by atoms with Crippen LogP contribution in [0.4, 0.5) is 16.2 Å². The molecule has 1 heterocycles. The van der Waals surface area contributed by atoms with Crippen molar-refractivity contribution in [3.8, 4) is 0 Å². The first kappa shape index (κ1) is 19.5. The molecule has 1 saturated heterocycles. The van der Waals surface area contributed by atoms with Gasteiger partial charge in [-0.25, -0.2) is 4.79 Å². The van der Waals surface area contributed by atoms with Crippen molar-refractivity contribution >= 4 is 23.3 Å². The van der Waals surface area contributed by atoms with Crippen LogP contribution in [0.1, 0.15) is 62.7 Å². The van der Waals surface area contributed by atoms with Crippen LogP contribution in [0.2, 0.25) is 0 Å². The van der Waals surface area contributed by atoms with E-state index >= 15 is 0 Å². The van der Waals surface area contributed by atoms with E-state index in [4.69, 9.17) is 0 Å². The Morgan fingerprint density at radius 3 is 2.56 bits per heavy atom. The molecule has 0 spiro atoms. The monoisotopic (exact) mass is 372 g/mol. The van der Waals surface area contributed by atoms with Crippen LogP contribution in [-0.2, 0) is 0 Å². The van der Waals surface area contributed by atoms with Crippen molar-refractivity contribution in [2.75, 3.05) is 29.9 Å². The van der Waals surface area contributed by atoms with Gasteiger partial charge in [-0.3, -0.25) is 4.79 Å². The van der Waals surface area contributed by atoms with Gasteiger partial charge in [0, 0.05) is 37.1 Å². The maximum atomic E-state index is 12.8. The minimum absolute atomic E-state index is 0.0406. The molecule has 27 heavy (non-hydrogen) atoms. The zero-order valence-corrected chi connectivity index (χ0v) is 16.5. The normalized spacial score (nSPS) is 17.5. The lowest BCUT2D eigenvalue weighted by atomic mass is 9.98. The van der Waals surface area contributed by atoms with Crippen molar-refractivity contribution in [3.05, 3.63) is 23.8 Å². The molecule has 2 aliphatic rings. The van der Waals surface area contributed by atoms with Crippen LogP contribution in [0, 0.1) is 5.92 Å². The molecular formula is C21H32N4O2. The molecule has 1 aliphatic carbocycles. The van der Waals surface area contributed by atoms with Crippen LogP contribution in [-0.4, -0.2) is 37.6 Å². The molecule has 6 nitrogen and oxygen atoms in total. The Morgan fingerprint density at radius 1 is 1.15 bits per heavy atom. The number of nitrogens with zero attached hydrogens (tertiary/aromatic N) is 1. The predicted molar refractivity (Wildman–Crippen MR) is 109 cm³/mol. The Labute approximate surface area is 162 Å². The molecule has 1 aromatic rings. The van der Waals surface area contributed by atoms with Gasteiger partial charge in [0.25, 0.3) is 5.91 Å². The van der Waals surface area contributed by atoms with E-state index in [1.807, 2.05) is 18.2 Å². The van der Waals surface area contributed by atoms with Gasteiger partial charge in [0.2, 0.25) is 0 Å². The number of unbranched alkanes of at least 4 members (excludes halogenated alkanes) is 1. The standard InChI is InChI=1S/C21H32N4O2/c1-3-4-11-22-21(27)24-17-7-8-19(25-12-9-15(2)10-13-25)18(14-17)20(26)23-16-5-6-16/h7-8,14-16H,3-6,9-13H2,1-2H3,(H,23,26)(H2,22,24,27). The van der Waals surface area contributed by atoms with E-state index in [9.17, 15) is 9.59 Å². The highest BCUT2D eigenvalue weighted by atomic mass is 16.2. The molecule has 3 amide bonds. The lowest BCUT2D eigenvalue weighted by Crippen LogP contribution is -2.35. The minimum Gasteiger partial charge on any atom is -0.371 e. The molecular weight excluding hydrogens is 340 g/mol. The Balaban J connectivity index is 1.74. The van der Waals surface area contributed by atoms with E-state index in [1.165, 1.54) is 0 Å². The number of rotatable bonds is 7. The summed E-state index contributed by atoms with van der Waals surface area (Å²) < 4.78 is 0. The van der Waals surface area contributed by atoms with Crippen molar-refractivity contribution < 1.29 is 9.59 Å². The quantitative estimate of drug-likeness (QED) is 0.639. The highest BCUT2D eigenvalue weighted by Gasteiger charge is 2.27. The van der Waals surface area contributed by atoms with Gasteiger partial charge in [-0.15, -0.1) is 0 Å². The van der Waals surface area contributed by atoms with Gasteiger partial charge >= 0.3 is 6.03 Å². The molecule has 1 aliphatic heterocycles. The fourth-order valence-electron chi connectivity index (χ4n) is 3.37. The van der Waals surface area contributed by atoms with Gasteiger partial charge in [-0.05, 0) is 56.2 Å². The van der Waals surface area contributed by atoms with Crippen molar-refractivity contribution in [3.63, 3.8) is 0 Å². The van der Waals surface area contributed by atoms with E-state index in [2.05, 4.69) is 34.7 Å². The number of piperidine rings is 1. The highest BCUT2D eigenvalue weighted by molar-refractivity contribution is 6.02. The topological polar surface area (TPSA) is 73.5 Å². The number of urea groups is 1. The SMILES string of the molecule is CCCCNC(=O)Nc1ccc(N2CCC(C)CC2)c(C(=O)NC2CC2)c1.